The third kappa shape index (κ3) is 3.62. The number of aromatic amines is 1. The number of hydrogen-bond acceptors (Lipinski definition) is 6. The molecule has 3 aromatic carbocycles. The first kappa shape index (κ1) is 19.2. The number of tetrazole rings is 1. The van der Waals surface area contributed by atoms with E-state index in [9.17, 15) is 4.91 Å². The molecule has 0 atom stereocenters. The maximum atomic E-state index is 11.1. The molecule has 1 aliphatic rings. The first-order valence-corrected chi connectivity index (χ1v) is 10.5. The molecule has 0 fully saturated rings. The molecule has 0 radical (unpaired) electrons. The van der Waals surface area contributed by atoms with E-state index in [4.69, 9.17) is 0 Å². The van der Waals surface area contributed by atoms with E-state index in [1.807, 2.05) is 13.1 Å². The molecule has 1 aliphatic carbocycles. The van der Waals surface area contributed by atoms with Crippen LogP contribution in [0.15, 0.2) is 82.5 Å². The molecule has 0 spiro atoms. The second-order valence-electron chi connectivity index (χ2n) is 7.32. The van der Waals surface area contributed by atoms with Gasteiger partial charge in [0.05, 0.1) is 7.05 Å². The van der Waals surface area contributed by atoms with Crippen molar-refractivity contribution in [2.45, 2.75) is 16.5 Å². The molecule has 0 aliphatic heterocycles. The van der Waals surface area contributed by atoms with Gasteiger partial charge >= 0.3 is 5.16 Å². The minimum atomic E-state index is 0.344. The van der Waals surface area contributed by atoms with E-state index in [0.29, 0.717) is 16.5 Å². The third-order valence-corrected chi connectivity index (χ3v) is 6.42. The number of H-pyrrole nitrogens is 1. The summed E-state index contributed by atoms with van der Waals surface area (Å²) in [6, 6.07) is 20.1. The predicted octanol–water partition coefficient (Wildman–Crippen LogP) is 4.83. The average molecular weight is 428 g/mol. The van der Waals surface area contributed by atoms with Gasteiger partial charge in [0.2, 0.25) is 0 Å². The van der Waals surface area contributed by atoms with Crippen molar-refractivity contribution in [2.75, 3.05) is 5.32 Å². The lowest BCUT2D eigenvalue weighted by molar-refractivity contribution is -0.765. The van der Waals surface area contributed by atoms with Crippen molar-refractivity contribution in [3.05, 3.63) is 88.8 Å². The van der Waals surface area contributed by atoms with Crippen LogP contribution in [0.3, 0.4) is 0 Å². The number of nitroso groups, excluding NO2 is 1. The number of aromatic nitrogens is 4. The number of fused-ring (bicyclic) bond motifs is 3. The molecule has 31 heavy (non-hydrogen) atoms. The SMILES string of the molecule is C=C(Nc1ccc2c(c1)Cc1ccccc1-2)c1cc(N=O)ccc1Sc1nn[nH][n+]1C. The number of anilines is 1. The number of nitrogens with one attached hydrogen (secondary N) is 2. The van der Waals surface area contributed by atoms with E-state index in [0.717, 1.165) is 22.6 Å². The second kappa shape index (κ2) is 7.81. The van der Waals surface area contributed by atoms with Crippen molar-refractivity contribution >= 4 is 28.8 Å². The average Bonchev–Trinajstić information content (AvgIpc) is 3.36. The van der Waals surface area contributed by atoms with Crippen molar-refractivity contribution in [3.63, 3.8) is 0 Å². The minimum Gasteiger partial charge on any atom is -0.355 e. The first-order valence-electron chi connectivity index (χ1n) is 9.72. The van der Waals surface area contributed by atoms with Crippen LogP contribution in [-0.2, 0) is 13.5 Å². The summed E-state index contributed by atoms with van der Waals surface area (Å²) in [5.74, 6) is 0. The Morgan fingerprint density at radius 2 is 1.97 bits per heavy atom. The fourth-order valence-corrected chi connectivity index (χ4v) is 4.68. The van der Waals surface area contributed by atoms with Gasteiger partial charge in [-0.25, -0.2) is 0 Å². The van der Waals surface area contributed by atoms with E-state index in [1.54, 1.807) is 16.8 Å². The van der Waals surface area contributed by atoms with Crippen LogP contribution in [-0.4, -0.2) is 15.5 Å². The summed E-state index contributed by atoms with van der Waals surface area (Å²) >= 11 is 1.43. The Hall–Kier alpha value is -3.78. The first-order chi connectivity index (χ1) is 15.1. The van der Waals surface area contributed by atoms with E-state index in [1.165, 1.54) is 34.0 Å². The lowest BCUT2D eigenvalue weighted by Crippen LogP contribution is -2.32. The highest BCUT2D eigenvalue weighted by molar-refractivity contribution is 7.99. The molecule has 8 heteroatoms. The van der Waals surface area contributed by atoms with Gasteiger partial charge in [-0.3, -0.25) is 0 Å². The monoisotopic (exact) mass is 427 g/mol. The molecule has 1 aromatic heterocycles. The fraction of sp³-hybridized carbons (Fsp3) is 0.0870. The molecule has 0 saturated heterocycles. The van der Waals surface area contributed by atoms with E-state index >= 15 is 0 Å². The Morgan fingerprint density at radius 3 is 2.77 bits per heavy atom. The Balaban J connectivity index is 1.43. The molecule has 0 amide bonds. The Bertz CT molecular complexity index is 1330. The molecule has 5 rings (SSSR count). The van der Waals surface area contributed by atoms with Crippen LogP contribution in [0.1, 0.15) is 16.7 Å². The van der Waals surface area contributed by atoms with Crippen molar-refractivity contribution in [2.24, 2.45) is 12.2 Å². The van der Waals surface area contributed by atoms with Crippen molar-refractivity contribution in [3.8, 4) is 11.1 Å². The van der Waals surface area contributed by atoms with E-state index < -0.39 is 0 Å². The number of rotatable bonds is 6. The summed E-state index contributed by atoms with van der Waals surface area (Å²) in [4.78, 5) is 12.0. The van der Waals surface area contributed by atoms with Gasteiger partial charge in [-0.1, -0.05) is 42.1 Å². The van der Waals surface area contributed by atoms with Crippen molar-refractivity contribution in [1.29, 1.82) is 0 Å². The summed E-state index contributed by atoms with van der Waals surface area (Å²) in [5, 5.41) is 17.8. The quantitative estimate of drug-likeness (QED) is 0.299. The molecule has 0 unspecified atom stereocenters. The van der Waals surface area contributed by atoms with Crippen LogP contribution >= 0.6 is 11.8 Å². The Morgan fingerprint density at radius 1 is 1.13 bits per heavy atom. The second-order valence-corrected chi connectivity index (χ2v) is 8.33. The topological polar surface area (TPSA) is 86.9 Å². The van der Waals surface area contributed by atoms with Gasteiger partial charge in [0, 0.05) is 21.8 Å². The molecule has 7 nitrogen and oxygen atoms in total. The zero-order valence-corrected chi connectivity index (χ0v) is 17.6. The molecule has 1 heterocycles. The number of aryl methyl sites for hydroxylation is 1. The highest BCUT2D eigenvalue weighted by Crippen LogP contribution is 2.39. The van der Waals surface area contributed by atoms with E-state index in [-0.39, 0.29) is 0 Å². The molecule has 4 aromatic rings. The standard InChI is InChI=1S/C23H18N6OS/c1-14(21-13-18(26-30)8-10-22(21)31-23-25-27-28-29(23)2)24-17-7-9-20-16(12-17)11-15-5-3-4-6-19(15)20/h3-10,12-13,24H,1,11H2,2H3/p+1. The number of benzene rings is 3. The normalized spacial score (nSPS) is 11.6. The van der Waals surface area contributed by atoms with Gasteiger partial charge in [0.15, 0.2) is 5.21 Å². The number of nitrogens with zero attached hydrogens (tertiary/aromatic N) is 4. The number of hydrogen-bond donors (Lipinski definition) is 2. The molecular weight excluding hydrogens is 408 g/mol. The zero-order chi connectivity index (χ0) is 21.4. The van der Waals surface area contributed by atoms with Gasteiger partial charge in [-0.05, 0) is 75.9 Å². The van der Waals surface area contributed by atoms with Gasteiger partial charge in [-0.2, -0.15) is 4.68 Å². The lowest BCUT2D eigenvalue weighted by atomic mass is 10.1. The van der Waals surface area contributed by atoms with E-state index in [2.05, 4.69) is 75.1 Å². The van der Waals surface area contributed by atoms with Gasteiger partial charge < -0.3 is 5.32 Å². The highest BCUT2D eigenvalue weighted by Gasteiger charge is 2.20. The highest BCUT2D eigenvalue weighted by atomic mass is 32.2. The fourth-order valence-electron chi connectivity index (χ4n) is 3.79. The summed E-state index contributed by atoms with van der Waals surface area (Å²) in [7, 11) is 1.83. The molecular formula is C23H19N6OS+. The third-order valence-electron chi connectivity index (χ3n) is 5.30. The summed E-state index contributed by atoms with van der Waals surface area (Å²) < 4.78 is 1.72. The van der Waals surface area contributed by atoms with Crippen LogP contribution < -0.4 is 10.00 Å². The molecule has 0 saturated carbocycles. The molecule has 2 N–H and O–H groups in total. The Kier molecular flexibility index (Phi) is 4.83. The molecule has 152 valence electrons. The van der Waals surface area contributed by atoms with Crippen LogP contribution in [0, 0.1) is 4.91 Å². The summed E-state index contributed by atoms with van der Waals surface area (Å²) in [6.45, 7) is 4.22. The summed E-state index contributed by atoms with van der Waals surface area (Å²) in [5.41, 5.74) is 7.95. The Labute approximate surface area is 183 Å². The minimum absolute atomic E-state index is 0.344. The van der Waals surface area contributed by atoms with Crippen LogP contribution in [0.5, 0.6) is 0 Å². The smallest absolute Gasteiger partial charge is 0.355 e. The van der Waals surface area contributed by atoms with Gasteiger partial charge in [0.25, 0.3) is 0 Å². The van der Waals surface area contributed by atoms with Crippen molar-refractivity contribution in [1.82, 2.24) is 15.5 Å². The van der Waals surface area contributed by atoms with Crippen LogP contribution in [0.25, 0.3) is 16.8 Å². The van der Waals surface area contributed by atoms with Crippen LogP contribution in [0.2, 0.25) is 0 Å². The van der Waals surface area contributed by atoms with Crippen LogP contribution in [0.4, 0.5) is 11.4 Å². The van der Waals surface area contributed by atoms with Gasteiger partial charge in [0.1, 0.15) is 10.8 Å². The van der Waals surface area contributed by atoms with Gasteiger partial charge in [-0.15, -0.1) is 4.91 Å². The summed E-state index contributed by atoms with van der Waals surface area (Å²) in [6.07, 6.45) is 0.918. The maximum absolute atomic E-state index is 11.1. The predicted molar refractivity (Wildman–Crippen MR) is 121 cm³/mol. The van der Waals surface area contributed by atoms with Crippen molar-refractivity contribution < 1.29 is 4.68 Å². The zero-order valence-electron chi connectivity index (χ0n) is 16.8. The lowest BCUT2D eigenvalue weighted by Gasteiger charge is -2.14. The molecule has 0 bridgehead atoms. The maximum Gasteiger partial charge on any atom is 0.364 e. The largest absolute Gasteiger partial charge is 0.364 e.